The molecule has 0 saturated carbocycles. The standard InChI is InChI=1S/C21H25N9OS/c22-6-12-30-11-3-4-18(30)16-5-8-25-20(26-16)28-21-27-17(14-32-21)19(31)24-7-1-2-10-29-13-9-23-15-29/h5,8-9,13-15,18H,1-4,7,10-12H2,(H,24,31)(H,25,26,27,28)/t18-/m1/s1. The quantitative estimate of drug-likeness (QED) is 0.356. The highest BCUT2D eigenvalue weighted by Crippen LogP contribution is 2.30. The van der Waals surface area contributed by atoms with Gasteiger partial charge in [-0.05, 0) is 38.3 Å². The Morgan fingerprint density at radius 3 is 3.09 bits per heavy atom. The molecule has 3 aromatic rings. The van der Waals surface area contributed by atoms with E-state index in [1.165, 1.54) is 11.3 Å². The summed E-state index contributed by atoms with van der Waals surface area (Å²) in [5.41, 5.74) is 1.26. The SMILES string of the molecule is N#CCN1CCC[C@@H]1c1ccnc(Nc2nc(C(=O)NCCCCn3ccnc3)cs2)n1. The number of nitrogens with zero attached hydrogens (tertiary/aromatic N) is 7. The van der Waals surface area contributed by atoms with E-state index >= 15 is 0 Å². The van der Waals surface area contributed by atoms with E-state index in [1.807, 2.05) is 16.8 Å². The summed E-state index contributed by atoms with van der Waals surface area (Å²) in [5.74, 6) is 0.247. The Kier molecular flexibility index (Phi) is 7.37. The normalized spacial score (nSPS) is 16.0. The molecular formula is C21H25N9OS. The van der Waals surface area contributed by atoms with Crippen molar-refractivity contribution in [1.29, 1.82) is 5.26 Å². The molecule has 1 aliphatic rings. The van der Waals surface area contributed by atoms with Crippen molar-refractivity contribution in [3.63, 3.8) is 0 Å². The number of anilines is 2. The van der Waals surface area contributed by atoms with Crippen LogP contribution in [0.3, 0.4) is 0 Å². The Bertz CT molecular complexity index is 1060. The first kappa shape index (κ1) is 21.9. The average molecular weight is 452 g/mol. The lowest BCUT2D eigenvalue weighted by Gasteiger charge is -2.21. The van der Waals surface area contributed by atoms with Crippen molar-refractivity contribution in [2.24, 2.45) is 0 Å². The van der Waals surface area contributed by atoms with Crippen molar-refractivity contribution in [1.82, 2.24) is 34.7 Å². The predicted molar refractivity (Wildman–Crippen MR) is 120 cm³/mol. The third-order valence-electron chi connectivity index (χ3n) is 5.30. The molecule has 0 unspecified atom stereocenters. The summed E-state index contributed by atoms with van der Waals surface area (Å²) in [6.07, 6.45) is 11.0. The van der Waals surface area contributed by atoms with Crippen molar-refractivity contribution in [3.8, 4) is 6.07 Å². The number of imidazole rings is 1. The molecular weight excluding hydrogens is 426 g/mol. The number of carbonyl (C=O) groups is 1. The van der Waals surface area contributed by atoms with E-state index in [9.17, 15) is 4.79 Å². The van der Waals surface area contributed by atoms with Crippen LogP contribution in [0.1, 0.15) is 47.9 Å². The number of carbonyl (C=O) groups excluding carboxylic acids is 1. The average Bonchev–Trinajstić information content (AvgIpc) is 3.56. The van der Waals surface area contributed by atoms with Crippen LogP contribution in [-0.2, 0) is 6.54 Å². The van der Waals surface area contributed by atoms with Crippen LogP contribution < -0.4 is 10.6 Å². The van der Waals surface area contributed by atoms with E-state index < -0.39 is 0 Å². The van der Waals surface area contributed by atoms with Crippen molar-refractivity contribution >= 4 is 28.3 Å². The van der Waals surface area contributed by atoms with Gasteiger partial charge in [0.15, 0.2) is 5.13 Å². The van der Waals surface area contributed by atoms with Gasteiger partial charge in [-0.3, -0.25) is 9.69 Å². The van der Waals surface area contributed by atoms with Crippen LogP contribution in [0.5, 0.6) is 0 Å². The Morgan fingerprint density at radius 1 is 1.31 bits per heavy atom. The van der Waals surface area contributed by atoms with E-state index in [0.29, 0.717) is 29.9 Å². The van der Waals surface area contributed by atoms with Gasteiger partial charge in [-0.1, -0.05) is 0 Å². The molecule has 0 bridgehead atoms. The lowest BCUT2D eigenvalue weighted by atomic mass is 10.1. The lowest BCUT2D eigenvalue weighted by Crippen LogP contribution is -2.25. The van der Waals surface area contributed by atoms with Gasteiger partial charge in [-0.25, -0.2) is 19.9 Å². The van der Waals surface area contributed by atoms with E-state index in [4.69, 9.17) is 5.26 Å². The molecule has 0 radical (unpaired) electrons. The maximum absolute atomic E-state index is 12.4. The number of unbranched alkanes of at least 4 members (excludes halogenated alkanes) is 1. The molecule has 1 amide bonds. The summed E-state index contributed by atoms with van der Waals surface area (Å²) in [5, 5.41) is 17.3. The third kappa shape index (κ3) is 5.66. The van der Waals surface area contributed by atoms with Crippen LogP contribution in [0.25, 0.3) is 0 Å². The minimum Gasteiger partial charge on any atom is -0.351 e. The summed E-state index contributed by atoms with van der Waals surface area (Å²) in [4.78, 5) is 31.8. The maximum Gasteiger partial charge on any atom is 0.270 e. The monoisotopic (exact) mass is 451 g/mol. The number of amides is 1. The van der Waals surface area contributed by atoms with Crippen LogP contribution in [0.2, 0.25) is 0 Å². The molecule has 3 aromatic heterocycles. The number of rotatable bonds is 10. The second kappa shape index (κ2) is 10.8. The maximum atomic E-state index is 12.4. The highest BCUT2D eigenvalue weighted by atomic mass is 32.1. The summed E-state index contributed by atoms with van der Waals surface area (Å²) in [7, 11) is 0. The molecule has 0 aromatic carbocycles. The molecule has 4 rings (SSSR count). The molecule has 1 saturated heterocycles. The summed E-state index contributed by atoms with van der Waals surface area (Å²) in [6, 6.07) is 4.24. The fourth-order valence-corrected chi connectivity index (χ4v) is 4.41. The van der Waals surface area contributed by atoms with Crippen molar-refractivity contribution in [2.75, 3.05) is 25.0 Å². The molecule has 1 fully saturated rings. The smallest absolute Gasteiger partial charge is 0.270 e. The third-order valence-corrected chi connectivity index (χ3v) is 6.06. The molecule has 4 heterocycles. The molecule has 166 valence electrons. The van der Waals surface area contributed by atoms with Crippen LogP contribution in [-0.4, -0.2) is 54.9 Å². The van der Waals surface area contributed by atoms with Gasteiger partial charge in [0.25, 0.3) is 5.91 Å². The van der Waals surface area contributed by atoms with Gasteiger partial charge in [-0.15, -0.1) is 11.3 Å². The van der Waals surface area contributed by atoms with Crippen molar-refractivity contribution in [3.05, 3.63) is 47.8 Å². The Hall–Kier alpha value is -3.36. The van der Waals surface area contributed by atoms with E-state index in [0.717, 1.165) is 44.5 Å². The molecule has 1 atom stereocenters. The first-order valence-electron chi connectivity index (χ1n) is 10.6. The largest absolute Gasteiger partial charge is 0.351 e. The fourth-order valence-electron chi connectivity index (χ4n) is 3.72. The topological polar surface area (TPSA) is 125 Å². The number of thiazole rings is 1. The van der Waals surface area contributed by atoms with Gasteiger partial charge in [0.2, 0.25) is 5.95 Å². The second-order valence-electron chi connectivity index (χ2n) is 7.52. The number of hydrogen-bond donors (Lipinski definition) is 2. The van der Waals surface area contributed by atoms with Gasteiger partial charge < -0.3 is 15.2 Å². The number of aromatic nitrogens is 5. The second-order valence-corrected chi connectivity index (χ2v) is 8.38. The zero-order valence-electron chi connectivity index (χ0n) is 17.6. The molecule has 10 nitrogen and oxygen atoms in total. The number of aryl methyl sites for hydroxylation is 1. The summed E-state index contributed by atoms with van der Waals surface area (Å²) < 4.78 is 2.02. The Morgan fingerprint density at radius 2 is 2.25 bits per heavy atom. The zero-order valence-corrected chi connectivity index (χ0v) is 18.5. The van der Waals surface area contributed by atoms with Crippen molar-refractivity contribution in [2.45, 2.75) is 38.3 Å². The number of hydrogen-bond acceptors (Lipinski definition) is 9. The van der Waals surface area contributed by atoms with Gasteiger partial charge >= 0.3 is 0 Å². The van der Waals surface area contributed by atoms with Gasteiger partial charge in [-0.2, -0.15) is 5.26 Å². The molecule has 0 aliphatic carbocycles. The minimum absolute atomic E-state index is 0.129. The van der Waals surface area contributed by atoms with E-state index in [1.54, 1.807) is 24.1 Å². The number of nitriles is 1. The molecule has 0 spiro atoms. The van der Waals surface area contributed by atoms with Crippen LogP contribution in [0.15, 0.2) is 36.4 Å². The van der Waals surface area contributed by atoms with Crippen molar-refractivity contribution < 1.29 is 4.79 Å². The summed E-state index contributed by atoms with van der Waals surface area (Å²) in [6.45, 7) is 2.78. The molecule has 11 heteroatoms. The molecule has 2 N–H and O–H groups in total. The molecule has 1 aliphatic heterocycles. The zero-order chi connectivity index (χ0) is 22.2. The minimum atomic E-state index is -0.190. The first-order chi connectivity index (χ1) is 15.7. The summed E-state index contributed by atoms with van der Waals surface area (Å²) >= 11 is 1.33. The van der Waals surface area contributed by atoms with Crippen LogP contribution >= 0.6 is 11.3 Å². The van der Waals surface area contributed by atoms with E-state index in [2.05, 4.69) is 41.5 Å². The predicted octanol–water partition coefficient (Wildman–Crippen LogP) is 2.74. The van der Waals surface area contributed by atoms with Gasteiger partial charge in [0, 0.05) is 37.1 Å². The fraction of sp³-hybridized carbons (Fsp3) is 0.429. The van der Waals surface area contributed by atoms with Crippen LogP contribution in [0.4, 0.5) is 11.1 Å². The number of nitrogens with one attached hydrogen (secondary N) is 2. The highest BCUT2D eigenvalue weighted by molar-refractivity contribution is 7.14. The first-order valence-corrected chi connectivity index (χ1v) is 11.5. The van der Waals surface area contributed by atoms with E-state index in [-0.39, 0.29) is 11.9 Å². The van der Waals surface area contributed by atoms with Gasteiger partial charge in [0.05, 0.1) is 30.7 Å². The van der Waals surface area contributed by atoms with Gasteiger partial charge in [0.1, 0.15) is 5.69 Å². The molecule has 32 heavy (non-hydrogen) atoms. The Balaban J connectivity index is 1.27. The lowest BCUT2D eigenvalue weighted by molar-refractivity contribution is 0.0948. The number of likely N-dealkylation sites (tertiary alicyclic amines) is 1. The van der Waals surface area contributed by atoms with Crippen LogP contribution in [0, 0.1) is 11.3 Å². The Labute approximate surface area is 190 Å². The highest BCUT2D eigenvalue weighted by Gasteiger charge is 2.27.